The van der Waals surface area contributed by atoms with Crippen molar-refractivity contribution >= 4 is 39.8 Å². The molecule has 0 aliphatic heterocycles. The topological polar surface area (TPSA) is 148 Å². The zero-order valence-electron chi connectivity index (χ0n) is 30.4. The SMILES string of the molecule is CCCc1nc2c(C)cc(C(=O)N[C@@H](CSC(=O)[C@@H](N)Cc3ccc(O)cc3)Cc3ccccc3)cc2n1Cc1ccc(-c2ccccc2C(=O)O)cc1. The summed E-state index contributed by atoms with van der Waals surface area (Å²) in [6, 6.07) is 34.0. The van der Waals surface area contributed by atoms with Gasteiger partial charge >= 0.3 is 5.97 Å². The van der Waals surface area contributed by atoms with Crippen molar-refractivity contribution in [3.8, 4) is 16.9 Å². The van der Waals surface area contributed by atoms with Crippen molar-refractivity contribution in [3.63, 3.8) is 0 Å². The first-order valence-corrected chi connectivity index (χ1v) is 19.0. The number of aryl methyl sites for hydroxylation is 2. The summed E-state index contributed by atoms with van der Waals surface area (Å²) in [5.74, 6) is 0.210. The molecule has 0 aliphatic carbocycles. The van der Waals surface area contributed by atoms with Gasteiger partial charge in [-0.25, -0.2) is 9.78 Å². The molecule has 1 heterocycles. The van der Waals surface area contributed by atoms with Crippen LogP contribution in [0.15, 0.2) is 115 Å². The Kier molecular flexibility index (Phi) is 12.3. The van der Waals surface area contributed by atoms with Crippen LogP contribution in [0.5, 0.6) is 5.75 Å². The van der Waals surface area contributed by atoms with E-state index in [9.17, 15) is 24.6 Å². The number of imidazole rings is 1. The van der Waals surface area contributed by atoms with Crippen molar-refractivity contribution in [1.82, 2.24) is 14.9 Å². The van der Waals surface area contributed by atoms with Crippen LogP contribution >= 0.6 is 11.8 Å². The molecule has 0 saturated heterocycles. The van der Waals surface area contributed by atoms with Gasteiger partial charge in [0.2, 0.25) is 5.12 Å². The van der Waals surface area contributed by atoms with Gasteiger partial charge in [-0.2, -0.15) is 0 Å². The number of nitrogens with one attached hydrogen (secondary N) is 1. The zero-order chi connectivity index (χ0) is 38.2. The summed E-state index contributed by atoms with van der Waals surface area (Å²) in [5.41, 5.74) is 14.0. The first-order valence-electron chi connectivity index (χ1n) is 18.1. The normalized spacial score (nSPS) is 12.4. The van der Waals surface area contributed by atoms with E-state index in [0.29, 0.717) is 36.3 Å². The summed E-state index contributed by atoms with van der Waals surface area (Å²) in [5, 5.41) is 22.3. The number of phenols is 1. The van der Waals surface area contributed by atoms with Crippen molar-refractivity contribution < 1.29 is 24.6 Å². The van der Waals surface area contributed by atoms with E-state index < -0.39 is 12.0 Å². The van der Waals surface area contributed by atoms with Gasteiger partial charge in [0.05, 0.1) is 22.6 Å². The highest BCUT2D eigenvalue weighted by Gasteiger charge is 2.22. The molecular formula is C44H44N4O5S. The lowest BCUT2D eigenvalue weighted by atomic mass is 9.98. The molecule has 5 aromatic carbocycles. The van der Waals surface area contributed by atoms with Gasteiger partial charge in [0.1, 0.15) is 11.6 Å². The summed E-state index contributed by atoms with van der Waals surface area (Å²) < 4.78 is 2.16. The number of carbonyl (C=O) groups is 3. The molecule has 0 bridgehead atoms. The average molecular weight is 741 g/mol. The second-order valence-corrected chi connectivity index (χ2v) is 14.6. The van der Waals surface area contributed by atoms with Gasteiger partial charge in [-0.3, -0.25) is 9.59 Å². The molecular weight excluding hydrogens is 697 g/mol. The van der Waals surface area contributed by atoms with Gasteiger partial charge in [0, 0.05) is 30.3 Å². The van der Waals surface area contributed by atoms with Crippen LogP contribution in [0.25, 0.3) is 22.2 Å². The Morgan fingerprint density at radius 3 is 2.22 bits per heavy atom. The third-order valence-electron chi connectivity index (χ3n) is 9.40. The van der Waals surface area contributed by atoms with Gasteiger partial charge in [0.25, 0.3) is 5.91 Å². The molecule has 6 rings (SSSR count). The number of carboxylic acids is 1. The Morgan fingerprint density at radius 1 is 0.852 bits per heavy atom. The van der Waals surface area contributed by atoms with E-state index in [4.69, 9.17) is 10.7 Å². The number of phenolic OH excluding ortho intramolecular Hbond substituents is 1. The van der Waals surface area contributed by atoms with Gasteiger partial charge in [-0.1, -0.05) is 104 Å². The lowest BCUT2D eigenvalue weighted by Crippen LogP contribution is -2.39. The number of nitrogens with zero attached hydrogens (tertiary/aromatic N) is 2. The van der Waals surface area contributed by atoms with Crippen LogP contribution in [0.2, 0.25) is 0 Å². The Morgan fingerprint density at radius 2 is 1.52 bits per heavy atom. The number of aromatic hydroxyl groups is 1. The van der Waals surface area contributed by atoms with Crippen LogP contribution in [0.1, 0.15) is 62.1 Å². The van der Waals surface area contributed by atoms with Crippen molar-refractivity contribution in [2.24, 2.45) is 5.73 Å². The molecule has 10 heteroatoms. The zero-order valence-corrected chi connectivity index (χ0v) is 31.2. The quantitative estimate of drug-likeness (QED) is 0.0843. The molecule has 0 radical (unpaired) electrons. The predicted molar refractivity (Wildman–Crippen MR) is 215 cm³/mol. The molecule has 1 aromatic heterocycles. The molecule has 5 N–H and O–H groups in total. The number of hydrogen-bond donors (Lipinski definition) is 4. The summed E-state index contributed by atoms with van der Waals surface area (Å²) >= 11 is 1.12. The van der Waals surface area contributed by atoms with Crippen LogP contribution in [0.3, 0.4) is 0 Å². The predicted octanol–water partition coefficient (Wildman–Crippen LogP) is 7.59. The van der Waals surface area contributed by atoms with E-state index in [1.165, 1.54) is 0 Å². The Balaban J connectivity index is 1.23. The first kappa shape index (κ1) is 38.0. The van der Waals surface area contributed by atoms with E-state index in [1.807, 2.05) is 85.8 Å². The third-order valence-corrected chi connectivity index (χ3v) is 10.6. The summed E-state index contributed by atoms with van der Waals surface area (Å²) in [6.45, 7) is 4.60. The standard InChI is InChI=1S/C44H44N4O5S/c1-3-9-40-47-41-28(2)22-33(25-39(41)48(40)26-31-14-18-32(19-15-31)36-12-7-8-13-37(36)43(51)52)42(50)46-34(23-29-10-5-4-6-11-29)27-54-44(53)38(45)24-30-16-20-35(49)21-17-30/h4-8,10-22,25,34,38,49H,3,9,23-24,26-27,45H2,1-2H3,(H,46,50)(H,51,52)/t34-,38+/m1/s1. The van der Waals surface area contributed by atoms with Crippen LogP contribution < -0.4 is 11.1 Å². The monoisotopic (exact) mass is 740 g/mol. The summed E-state index contributed by atoms with van der Waals surface area (Å²) in [7, 11) is 0. The van der Waals surface area contributed by atoms with Gasteiger partial charge in [-0.05, 0) is 89.9 Å². The fourth-order valence-electron chi connectivity index (χ4n) is 6.63. The highest BCUT2D eigenvalue weighted by Crippen LogP contribution is 2.27. The number of hydrogen-bond acceptors (Lipinski definition) is 7. The van der Waals surface area contributed by atoms with E-state index in [0.717, 1.165) is 69.3 Å². The van der Waals surface area contributed by atoms with Gasteiger partial charge < -0.3 is 25.8 Å². The number of carbonyl (C=O) groups excluding carboxylic acids is 2. The third kappa shape index (κ3) is 9.25. The largest absolute Gasteiger partial charge is 0.508 e. The Bertz CT molecular complexity index is 2250. The number of aromatic carboxylic acids is 1. The molecule has 0 unspecified atom stereocenters. The molecule has 9 nitrogen and oxygen atoms in total. The van der Waals surface area contributed by atoms with Crippen LogP contribution in [0.4, 0.5) is 0 Å². The first-order chi connectivity index (χ1) is 26.1. The van der Waals surface area contributed by atoms with Crippen molar-refractivity contribution in [2.75, 3.05) is 5.75 Å². The number of amides is 1. The average Bonchev–Trinajstić information content (AvgIpc) is 3.52. The summed E-state index contributed by atoms with van der Waals surface area (Å²) in [4.78, 5) is 44.0. The lowest BCUT2D eigenvalue weighted by Gasteiger charge is -2.20. The van der Waals surface area contributed by atoms with Gasteiger partial charge in [-0.15, -0.1) is 0 Å². The minimum atomic E-state index is -0.969. The maximum atomic E-state index is 14.0. The molecule has 6 aromatic rings. The van der Waals surface area contributed by atoms with Crippen molar-refractivity contribution in [1.29, 1.82) is 0 Å². The van der Waals surface area contributed by atoms with E-state index in [1.54, 1.807) is 36.4 Å². The van der Waals surface area contributed by atoms with Crippen LogP contribution in [-0.4, -0.2) is 54.6 Å². The van der Waals surface area contributed by atoms with E-state index in [2.05, 4.69) is 16.8 Å². The highest BCUT2D eigenvalue weighted by atomic mass is 32.2. The maximum Gasteiger partial charge on any atom is 0.336 e. The van der Waals surface area contributed by atoms with E-state index >= 15 is 0 Å². The van der Waals surface area contributed by atoms with Crippen molar-refractivity contribution in [2.45, 2.75) is 58.2 Å². The second-order valence-electron chi connectivity index (χ2n) is 13.5. The molecule has 0 fully saturated rings. The molecule has 0 spiro atoms. The van der Waals surface area contributed by atoms with E-state index in [-0.39, 0.29) is 28.4 Å². The fourth-order valence-corrected chi connectivity index (χ4v) is 7.50. The number of rotatable bonds is 15. The molecule has 2 atom stereocenters. The molecule has 54 heavy (non-hydrogen) atoms. The maximum absolute atomic E-state index is 14.0. The number of carboxylic acid groups (broad SMARTS) is 1. The van der Waals surface area contributed by atoms with Gasteiger partial charge in [0.15, 0.2) is 0 Å². The number of aromatic nitrogens is 2. The number of fused-ring (bicyclic) bond motifs is 1. The molecule has 276 valence electrons. The lowest BCUT2D eigenvalue weighted by molar-refractivity contribution is -0.112. The highest BCUT2D eigenvalue weighted by molar-refractivity contribution is 8.13. The van der Waals surface area contributed by atoms with Crippen molar-refractivity contribution in [3.05, 3.63) is 154 Å². The number of benzene rings is 5. The smallest absolute Gasteiger partial charge is 0.336 e. The molecule has 0 aliphatic rings. The summed E-state index contributed by atoms with van der Waals surface area (Å²) in [6.07, 6.45) is 2.54. The minimum absolute atomic E-state index is 0.153. The number of nitrogens with two attached hydrogens (primary N) is 1. The minimum Gasteiger partial charge on any atom is -0.508 e. The number of thioether (sulfide) groups is 1. The van der Waals surface area contributed by atoms with Crippen LogP contribution in [0, 0.1) is 6.92 Å². The Hall–Kier alpha value is -5.71. The second kappa shape index (κ2) is 17.4. The molecule has 1 amide bonds. The Labute approximate surface area is 319 Å². The molecule has 0 saturated carbocycles. The van der Waals surface area contributed by atoms with Crippen LogP contribution in [-0.2, 0) is 30.6 Å². The fraction of sp³-hybridized carbons (Fsp3) is 0.227.